The van der Waals surface area contributed by atoms with Crippen LogP contribution in [0.1, 0.15) is 23.6 Å². The number of fused-ring (bicyclic) bond motifs is 1. The second-order valence-electron chi connectivity index (χ2n) is 9.62. The molecule has 5 rings (SSSR count). The SMILES string of the molecule is CC(=O)Nc1ccc(CCNc2c(N)c(N(Cc3ccccc3)Cc3ccccc3)nc3ccccc23)cc1. The van der Waals surface area contributed by atoms with Crippen molar-refractivity contribution < 1.29 is 4.79 Å². The summed E-state index contributed by atoms with van der Waals surface area (Å²) in [5.74, 6) is 0.692. The average molecular weight is 516 g/mol. The molecule has 1 heterocycles. The molecule has 0 aliphatic carbocycles. The first-order valence-corrected chi connectivity index (χ1v) is 13.2. The van der Waals surface area contributed by atoms with Gasteiger partial charge in [-0.2, -0.15) is 0 Å². The van der Waals surface area contributed by atoms with Crippen LogP contribution in [0.5, 0.6) is 0 Å². The van der Waals surface area contributed by atoms with Gasteiger partial charge < -0.3 is 21.3 Å². The van der Waals surface area contributed by atoms with Crippen LogP contribution in [0, 0.1) is 0 Å². The summed E-state index contributed by atoms with van der Waals surface area (Å²) < 4.78 is 0. The van der Waals surface area contributed by atoms with Crippen molar-refractivity contribution >= 4 is 39.7 Å². The Morgan fingerprint density at radius 2 is 1.36 bits per heavy atom. The monoisotopic (exact) mass is 515 g/mol. The maximum Gasteiger partial charge on any atom is 0.221 e. The number of hydrogen-bond acceptors (Lipinski definition) is 5. The van der Waals surface area contributed by atoms with Crippen LogP contribution in [-0.2, 0) is 24.3 Å². The minimum absolute atomic E-state index is 0.0752. The summed E-state index contributed by atoms with van der Waals surface area (Å²) in [4.78, 5) is 18.6. The Balaban J connectivity index is 1.44. The molecule has 4 aromatic carbocycles. The van der Waals surface area contributed by atoms with Crippen molar-refractivity contribution in [2.45, 2.75) is 26.4 Å². The molecule has 6 heteroatoms. The summed E-state index contributed by atoms with van der Waals surface area (Å²) in [5, 5.41) is 7.42. The molecule has 0 unspecified atom stereocenters. The zero-order valence-electron chi connectivity index (χ0n) is 22.1. The van der Waals surface area contributed by atoms with Gasteiger partial charge in [-0.15, -0.1) is 0 Å². The van der Waals surface area contributed by atoms with Crippen LogP contribution < -0.4 is 21.3 Å². The van der Waals surface area contributed by atoms with E-state index in [1.807, 2.05) is 54.6 Å². The largest absolute Gasteiger partial charge is 0.394 e. The summed E-state index contributed by atoms with van der Waals surface area (Å²) >= 11 is 0. The Labute approximate surface area is 229 Å². The molecule has 0 saturated carbocycles. The smallest absolute Gasteiger partial charge is 0.221 e. The van der Waals surface area contributed by atoms with Gasteiger partial charge in [-0.3, -0.25) is 4.79 Å². The molecular weight excluding hydrogens is 482 g/mol. The maximum absolute atomic E-state index is 11.3. The maximum atomic E-state index is 11.3. The highest BCUT2D eigenvalue weighted by atomic mass is 16.1. The molecule has 5 aromatic rings. The number of nitrogens with zero attached hydrogens (tertiary/aromatic N) is 2. The van der Waals surface area contributed by atoms with Gasteiger partial charge in [0.15, 0.2) is 5.82 Å². The van der Waals surface area contributed by atoms with E-state index in [0.29, 0.717) is 25.3 Å². The van der Waals surface area contributed by atoms with Crippen LogP contribution in [0.2, 0.25) is 0 Å². The van der Waals surface area contributed by atoms with Crippen LogP contribution in [-0.4, -0.2) is 17.4 Å². The molecule has 0 bridgehead atoms. The highest BCUT2D eigenvalue weighted by Gasteiger charge is 2.19. The van der Waals surface area contributed by atoms with E-state index in [4.69, 9.17) is 10.7 Å². The number of nitrogen functional groups attached to an aromatic ring is 1. The van der Waals surface area contributed by atoms with Gasteiger partial charge in [-0.1, -0.05) is 91.0 Å². The fourth-order valence-electron chi connectivity index (χ4n) is 4.75. The van der Waals surface area contributed by atoms with E-state index < -0.39 is 0 Å². The predicted molar refractivity (Wildman–Crippen MR) is 162 cm³/mol. The first-order valence-electron chi connectivity index (χ1n) is 13.2. The van der Waals surface area contributed by atoms with Crippen molar-refractivity contribution in [3.63, 3.8) is 0 Å². The van der Waals surface area contributed by atoms with Crippen molar-refractivity contribution in [3.8, 4) is 0 Å². The van der Waals surface area contributed by atoms with Gasteiger partial charge in [0, 0.05) is 37.6 Å². The highest BCUT2D eigenvalue weighted by molar-refractivity contribution is 6.01. The quantitative estimate of drug-likeness (QED) is 0.194. The molecule has 0 spiro atoms. The number of anilines is 4. The van der Waals surface area contributed by atoms with Crippen molar-refractivity contribution in [1.29, 1.82) is 0 Å². The number of hydrogen-bond donors (Lipinski definition) is 3. The minimum Gasteiger partial charge on any atom is -0.394 e. The summed E-state index contributed by atoms with van der Waals surface area (Å²) in [6.07, 6.45) is 0.809. The van der Waals surface area contributed by atoms with Gasteiger partial charge in [-0.25, -0.2) is 4.98 Å². The zero-order valence-corrected chi connectivity index (χ0v) is 22.1. The van der Waals surface area contributed by atoms with Crippen molar-refractivity contribution in [2.24, 2.45) is 0 Å². The van der Waals surface area contributed by atoms with Crippen molar-refractivity contribution in [3.05, 3.63) is 126 Å². The Morgan fingerprint density at radius 3 is 1.97 bits per heavy atom. The number of rotatable bonds is 10. The summed E-state index contributed by atoms with van der Waals surface area (Å²) in [6, 6.07) is 36.9. The lowest BCUT2D eigenvalue weighted by Crippen LogP contribution is -2.25. The van der Waals surface area contributed by atoms with Gasteiger partial charge in [0.1, 0.15) is 0 Å². The molecule has 0 atom stereocenters. The number of amides is 1. The third-order valence-corrected chi connectivity index (χ3v) is 6.63. The van der Waals surface area contributed by atoms with Gasteiger partial charge in [0.2, 0.25) is 5.91 Å². The lowest BCUT2D eigenvalue weighted by atomic mass is 10.1. The summed E-state index contributed by atoms with van der Waals surface area (Å²) in [5.41, 5.74) is 13.7. The molecule has 6 nitrogen and oxygen atoms in total. The van der Waals surface area contributed by atoms with E-state index in [0.717, 1.165) is 34.5 Å². The molecule has 0 fully saturated rings. The standard InChI is InChI=1S/C33H33N5O/c1-24(39)36-28-18-16-25(17-19-28)20-21-35-32-29-14-8-9-15-30(29)37-33(31(32)34)38(22-26-10-4-2-5-11-26)23-27-12-6-3-7-13-27/h2-19H,20-23,34H2,1H3,(H,35,37)(H,36,39). The fraction of sp³-hybridized carbons (Fsp3) is 0.152. The van der Waals surface area contributed by atoms with E-state index >= 15 is 0 Å². The number of nitrogens with one attached hydrogen (secondary N) is 2. The van der Waals surface area contributed by atoms with Gasteiger partial charge >= 0.3 is 0 Å². The number of para-hydroxylation sites is 1. The molecule has 0 aliphatic heterocycles. The fourth-order valence-corrected chi connectivity index (χ4v) is 4.75. The Morgan fingerprint density at radius 1 is 0.769 bits per heavy atom. The van der Waals surface area contributed by atoms with Crippen LogP contribution in [0.3, 0.4) is 0 Å². The zero-order chi connectivity index (χ0) is 27.0. The van der Waals surface area contributed by atoms with E-state index in [2.05, 4.69) is 70.1 Å². The molecular formula is C33H33N5O. The third-order valence-electron chi connectivity index (χ3n) is 6.63. The van der Waals surface area contributed by atoms with E-state index in [1.165, 1.54) is 23.6 Å². The number of pyridine rings is 1. The number of carbonyl (C=O) groups excluding carboxylic acids is 1. The van der Waals surface area contributed by atoms with Crippen LogP contribution in [0.4, 0.5) is 22.9 Å². The number of carbonyl (C=O) groups is 1. The third kappa shape index (κ3) is 6.54. The van der Waals surface area contributed by atoms with Gasteiger partial charge in [0.05, 0.1) is 16.9 Å². The minimum atomic E-state index is -0.0752. The molecule has 0 saturated heterocycles. The van der Waals surface area contributed by atoms with Crippen LogP contribution in [0.25, 0.3) is 10.9 Å². The van der Waals surface area contributed by atoms with Crippen LogP contribution >= 0.6 is 0 Å². The van der Waals surface area contributed by atoms with E-state index in [1.54, 1.807) is 0 Å². The summed E-state index contributed by atoms with van der Waals surface area (Å²) in [6.45, 7) is 3.58. The molecule has 39 heavy (non-hydrogen) atoms. The summed E-state index contributed by atoms with van der Waals surface area (Å²) in [7, 11) is 0. The van der Waals surface area contributed by atoms with E-state index in [9.17, 15) is 4.79 Å². The highest BCUT2D eigenvalue weighted by Crippen LogP contribution is 2.37. The lowest BCUT2D eigenvalue weighted by molar-refractivity contribution is -0.114. The number of aromatic nitrogens is 1. The average Bonchev–Trinajstić information content (AvgIpc) is 2.95. The first-order chi connectivity index (χ1) is 19.1. The Bertz CT molecular complexity index is 1490. The van der Waals surface area contributed by atoms with Crippen molar-refractivity contribution in [2.75, 3.05) is 27.8 Å². The lowest BCUT2D eigenvalue weighted by Gasteiger charge is -2.27. The predicted octanol–water partition coefficient (Wildman–Crippen LogP) is 6.64. The molecule has 0 aliphatic rings. The molecule has 0 radical (unpaired) electrons. The Kier molecular flexibility index (Phi) is 8.03. The molecule has 1 aromatic heterocycles. The van der Waals surface area contributed by atoms with Crippen LogP contribution in [0.15, 0.2) is 109 Å². The first kappa shape index (κ1) is 25.8. The Hall–Kier alpha value is -4.84. The molecule has 4 N–H and O–H groups in total. The number of nitrogens with two attached hydrogens (primary N) is 1. The topological polar surface area (TPSA) is 83.3 Å². The second-order valence-corrected chi connectivity index (χ2v) is 9.62. The molecule has 196 valence electrons. The van der Waals surface area contributed by atoms with Gasteiger partial charge in [0.25, 0.3) is 0 Å². The second kappa shape index (κ2) is 12.1. The van der Waals surface area contributed by atoms with E-state index in [-0.39, 0.29) is 5.91 Å². The van der Waals surface area contributed by atoms with Gasteiger partial charge in [-0.05, 0) is 41.3 Å². The van der Waals surface area contributed by atoms with Crippen molar-refractivity contribution in [1.82, 2.24) is 4.98 Å². The molecule has 1 amide bonds. The number of benzene rings is 4. The normalized spacial score (nSPS) is 10.8.